The lowest BCUT2D eigenvalue weighted by atomic mass is 10.1. The molecule has 0 spiro atoms. The van der Waals surface area contributed by atoms with Crippen LogP contribution in [0.3, 0.4) is 0 Å². The molecule has 0 aliphatic carbocycles. The molecule has 94 valence electrons. The van der Waals surface area contributed by atoms with Crippen molar-refractivity contribution < 1.29 is 4.39 Å². The molecule has 1 aromatic carbocycles. The number of nitrogens with one attached hydrogen (secondary N) is 2. The predicted molar refractivity (Wildman–Crippen MR) is 73.2 cm³/mol. The summed E-state index contributed by atoms with van der Waals surface area (Å²) in [6, 6.07) is 6.11. The largest absolute Gasteiger partial charge is 0.380 e. The third-order valence-electron chi connectivity index (χ3n) is 3.11. The van der Waals surface area contributed by atoms with E-state index < -0.39 is 6.17 Å². The number of halogens is 2. The Kier molecular flexibility index (Phi) is 4.40. The molecule has 1 aliphatic rings. The van der Waals surface area contributed by atoms with E-state index in [1.165, 1.54) is 12.8 Å². The molecule has 0 bridgehead atoms. The average molecular weight is 301 g/mol. The Bertz CT molecular complexity index is 376. The third kappa shape index (κ3) is 3.42. The van der Waals surface area contributed by atoms with Gasteiger partial charge in [0.15, 0.2) is 0 Å². The number of rotatable bonds is 3. The Morgan fingerprint density at radius 2 is 2.35 bits per heavy atom. The van der Waals surface area contributed by atoms with Gasteiger partial charge in [-0.25, -0.2) is 4.39 Å². The van der Waals surface area contributed by atoms with E-state index in [0.717, 1.165) is 23.2 Å². The van der Waals surface area contributed by atoms with Gasteiger partial charge in [-0.1, -0.05) is 6.07 Å². The van der Waals surface area contributed by atoms with Gasteiger partial charge in [0, 0.05) is 22.7 Å². The molecule has 1 fully saturated rings. The number of alkyl halides is 1. The van der Waals surface area contributed by atoms with Gasteiger partial charge in [0.2, 0.25) is 0 Å². The van der Waals surface area contributed by atoms with Gasteiger partial charge in [-0.05, 0) is 59.9 Å². The van der Waals surface area contributed by atoms with Crippen molar-refractivity contribution in [1.82, 2.24) is 5.32 Å². The zero-order chi connectivity index (χ0) is 12.3. The summed E-state index contributed by atoms with van der Waals surface area (Å²) < 4.78 is 14.1. The molecule has 1 saturated heterocycles. The molecule has 2 N–H and O–H groups in total. The first-order valence-corrected chi connectivity index (χ1v) is 6.87. The van der Waals surface area contributed by atoms with E-state index in [9.17, 15) is 4.39 Å². The molecule has 1 aliphatic heterocycles. The number of hydrogen-bond acceptors (Lipinski definition) is 2. The molecule has 1 heterocycles. The van der Waals surface area contributed by atoms with Crippen molar-refractivity contribution in [2.24, 2.45) is 0 Å². The fourth-order valence-electron chi connectivity index (χ4n) is 2.09. The van der Waals surface area contributed by atoms with Gasteiger partial charge in [0.05, 0.1) is 0 Å². The van der Waals surface area contributed by atoms with E-state index >= 15 is 0 Å². The first kappa shape index (κ1) is 12.8. The van der Waals surface area contributed by atoms with Gasteiger partial charge in [0.1, 0.15) is 6.17 Å². The molecule has 0 amide bonds. The number of anilines is 1. The Balaban J connectivity index is 2.05. The molecule has 2 rings (SSSR count). The number of hydrogen-bond donors (Lipinski definition) is 2. The second-order valence-electron chi connectivity index (χ2n) is 4.54. The van der Waals surface area contributed by atoms with E-state index in [-0.39, 0.29) is 0 Å². The fraction of sp³-hybridized carbons (Fsp3) is 0.538. The van der Waals surface area contributed by atoms with Crippen molar-refractivity contribution in [3.8, 4) is 0 Å². The molecular formula is C13H18BrFN2. The minimum Gasteiger partial charge on any atom is -0.380 e. The lowest BCUT2D eigenvalue weighted by molar-refractivity contribution is 0.374. The SMILES string of the molecule is CC(F)c1ccc(NC2CCCNC2)c(Br)c1. The van der Waals surface area contributed by atoms with Crippen LogP contribution in [0.5, 0.6) is 0 Å². The van der Waals surface area contributed by atoms with Crippen LogP contribution < -0.4 is 10.6 Å². The lowest BCUT2D eigenvalue weighted by Crippen LogP contribution is -2.38. The Morgan fingerprint density at radius 1 is 1.53 bits per heavy atom. The smallest absolute Gasteiger partial charge is 0.122 e. The normalized spacial score (nSPS) is 22.2. The first-order chi connectivity index (χ1) is 8.16. The van der Waals surface area contributed by atoms with Crippen molar-refractivity contribution in [3.63, 3.8) is 0 Å². The van der Waals surface area contributed by atoms with E-state index in [0.29, 0.717) is 11.6 Å². The van der Waals surface area contributed by atoms with Gasteiger partial charge in [0.25, 0.3) is 0 Å². The van der Waals surface area contributed by atoms with Gasteiger partial charge >= 0.3 is 0 Å². The van der Waals surface area contributed by atoms with E-state index in [2.05, 4.69) is 26.6 Å². The molecule has 0 saturated carbocycles. The highest BCUT2D eigenvalue weighted by Crippen LogP contribution is 2.28. The molecule has 2 atom stereocenters. The molecule has 4 heteroatoms. The summed E-state index contributed by atoms with van der Waals surface area (Å²) in [4.78, 5) is 0. The number of benzene rings is 1. The van der Waals surface area contributed by atoms with Crippen LogP contribution in [0.25, 0.3) is 0 Å². The molecular weight excluding hydrogens is 283 g/mol. The van der Waals surface area contributed by atoms with E-state index in [1.54, 1.807) is 6.92 Å². The van der Waals surface area contributed by atoms with Crippen LogP contribution in [0, 0.1) is 0 Å². The van der Waals surface area contributed by atoms with Gasteiger partial charge in [-0.3, -0.25) is 0 Å². The summed E-state index contributed by atoms with van der Waals surface area (Å²) >= 11 is 3.49. The van der Waals surface area contributed by atoms with Crippen LogP contribution in [0.4, 0.5) is 10.1 Å². The molecule has 2 unspecified atom stereocenters. The maximum absolute atomic E-state index is 13.2. The highest BCUT2D eigenvalue weighted by molar-refractivity contribution is 9.10. The van der Waals surface area contributed by atoms with Crippen LogP contribution in [-0.4, -0.2) is 19.1 Å². The summed E-state index contributed by atoms with van der Waals surface area (Å²) in [5, 5.41) is 6.85. The Labute approximate surface area is 110 Å². The summed E-state index contributed by atoms with van der Waals surface area (Å²) in [6.07, 6.45) is 1.46. The fourth-order valence-corrected chi connectivity index (χ4v) is 2.60. The summed E-state index contributed by atoms with van der Waals surface area (Å²) in [5.41, 5.74) is 1.76. The van der Waals surface area contributed by atoms with Crippen LogP contribution in [0.15, 0.2) is 22.7 Å². The minimum absolute atomic E-state index is 0.466. The second kappa shape index (κ2) is 5.83. The standard InChI is InChI=1S/C13H18BrFN2/c1-9(15)10-4-5-13(12(14)7-10)17-11-3-2-6-16-8-11/h4-5,7,9,11,16-17H,2-3,6,8H2,1H3. The van der Waals surface area contributed by atoms with Crippen molar-refractivity contribution in [2.75, 3.05) is 18.4 Å². The highest BCUT2D eigenvalue weighted by Gasteiger charge is 2.14. The predicted octanol–water partition coefficient (Wildman–Crippen LogP) is 3.64. The number of piperidine rings is 1. The average Bonchev–Trinajstić information content (AvgIpc) is 2.33. The second-order valence-corrected chi connectivity index (χ2v) is 5.40. The van der Waals surface area contributed by atoms with Crippen LogP contribution in [0.2, 0.25) is 0 Å². The van der Waals surface area contributed by atoms with Crippen LogP contribution >= 0.6 is 15.9 Å². The molecule has 0 radical (unpaired) electrons. The highest BCUT2D eigenvalue weighted by atomic mass is 79.9. The Morgan fingerprint density at radius 3 is 2.94 bits per heavy atom. The molecule has 2 nitrogen and oxygen atoms in total. The molecule has 17 heavy (non-hydrogen) atoms. The first-order valence-electron chi connectivity index (χ1n) is 6.07. The minimum atomic E-state index is -0.920. The van der Waals surface area contributed by atoms with Crippen molar-refractivity contribution >= 4 is 21.6 Å². The lowest BCUT2D eigenvalue weighted by Gasteiger charge is -2.25. The maximum atomic E-state index is 13.2. The van der Waals surface area contributed by atoms with Gasteiger partial charge in [-0.15, -0.1) is 0 Å². The monoisotopic (exact) mass is 300 g/mol. The van der Waals surface area contributed by atoms with Gasteiger partial charge < -0.3 is 10.6 Å². The summed E-state index contributed by atoms with van der Waals surface area (Å²) in [5.74, 6) is 0. The van der Waals surface area contributed by atoms with Crippen molar-refractivity contribution in [2.45, 2.75) is 32.0 Å². The molecule has 1 aromatic rings. The van der Waals surface area contributed by atoms with E-state index in [4.69, 9.17) is 0 Å². The van der Waals surface area contributed by atoms with Gasteiger partial charge in [-0.2, -0.15) is 0 Å². The third-order valence-corrected chi connectivity index (χ3v) is 3.77. The Hall–Kier alpha value is -0.610. The summed E-state index contributed by atoms with van der Waals surface area (Å²) in [6.45, 7) is 3.66. The van der Waals surface area contributed by atoms with Crippen molar-refractivity contribution in [3.05, 3.63) is 28.2 Å². The van der Waals surface area contributed by atoms with Crippen LogP contribution in [0.1, 0.15) is 31.5 Å². The molecule has 0 aromatic heterocycles. The van der Waals surface area contributed by atoms with Crippen LogP contribution in [-0.2, 0) is 0 Å². The van der Waals surface area contributed by atoms with E-state index in [1.807, 2.05) is 18.2 Å². The zero-order valence-corrected chi connectivity index (χ0v) is 11.6. The van der Waals surface area contributed by atoms with Crippen molar-refractivity contribution in [1.29, 1.82) is 0 Å². The summed E-state index contributed by atoms with van der Waals surface area (Å²) in [7, 11) is 0. The quantitative estimate of drug-likeness (QED) is 0.890. The topological polar surface area (TPSA) is 24.1 Å². The zero-order valence-electron chi connectivity index (χ0n) is 9.97. The maximum Gasteiger partial charge on any atom is 0.122 e.